The molecule has 2 unspecified atom stereocenters. The number of ether oxygens (including phenoxy) is 2. The summed E-state index contributed by atoms with van der Waals surface area (Å²) in [4.78, 5) is 0. The fraction of sp³-hybridized carbons (Fsp3) is 0.379. The Hall–Kier alpha value is -2.90. The zero-order chi connectivity index (χ0) is 25.4. The number of hydrogen-bond acceptors (Lipinski definition) is 3. The Bertz CT molecular complexity index is 1230. The lowest BCUT2D eigenvalue weighted by molar-refractivity contribution is 0.192. The van der Waals surface area contributed by atoms with Crippen molar-refractivity contribution in [1.82, 2.24) is 0 Å². The van der Waals surface area contributed by atoms with Gasteiger partial charge in [-0.3, -0.25) is 0 Å². The van der Waals surface area contributed by atoms with Crippen molar-refractivity contribution in [1.29, 1.82) is 0 Å². The highest BCUT2D eigenvalue weighted by atomic mass is 19.2. The molecule has 0 bridgehead atoms. The molecule has 1 saturated carbocycles. The lowest BCUT2D eigenvalue weighted by atomic mass is 9.78. The average Bonchev–Trinajstić information content (AvgIpc) is 3.72. The van der Waals surface area contributed by atoms with E-state index in [0.29, 0.717) is 36.1 Å². The SMILES string of the molecule is CC(O)c1ccc(-c2ccc(OCC3CCC(c4ccc(C5CO5)c(F)c4F)CC3)c(F)c2F)cc1. The molecular formula is C29H28F4O3. The third-order valence-corrected chi connectivity index (χ3v) is 7.33. The average molecular weight is 501 g/mol. The highest BCUT2D eigenvalue weighted by molar-refractivity contribution is 5.65. The molecule has 3 aromatic carbocycles. The van der Waals surface area contributed by atoms with Crippen molar-refractivity contribution in [3.8, 4) is 16.9 Å². The second-order valence-corrected chi connectivity index (χ2v) is 9.76. The van der Waals surface area contributed by atoms with E-state index in [1.54, 1.807) is 43.3 Å². The van der Waals surface area contributed by atoms with Crippen LogP contribution in [-0.4, -0.2) is 18.3 Å². The molecule has 7 heteroatoms. The number of aliphatic hydroxyl groups excluding tert-OH is 1. The Balaban J connectivity index is 1.19. The summed E-state index contributed by atoms with van der Waals surface area (Å²) in [5.41, 5.74) is 1.97. The molecule has 0 aromatic heterocycles. The van der Waals surface area contributed by atoms with Crippen LogP contribution in [0, 0.1) is 29.2 Å². The molecule has 1 aliphatic carbocycles. The molecule has 1 saturated heterocycles. The minimum Gasteiger partial charge on any atom is -0.490 e. The zero-order valence-corrected chi connectivity index (χ0v) is 19.9. The minimum atomic E-state index is -1.04. The molecule has 0 spiro atoms. The second-order valence-electron chi connectivity index (χ2n) is 9.76. The topological polar surface area (TPSA) is 42.0 Å². The molecule has 36 heavy (non-hydrogen) atoms. The van der Waals surface area contributed by atoms with Gasteiger partial charge in [0.05, 0.1) is 19.3 Å². The normalized spacial score (nSPS) is 22.3. The van der Waals surface area contributed by atoms with Gasteiger partial charge >= 0.3 is 0 Å². The summed E-state index contributed by atoms with van der Waals surface area (Å²) in [7, 11) is 0. The smallest absolute Gasteiger partial charge is 0.201 e. The summed E-state index contributed by atoms with van der Waals surface area (Å²) in [5, 5.41) is 9.63. The molecule has 2 fully saturated rings. The number of benzene rings is 3. The van der Waals surface area contributed by atoms with E-state index in [1.165, 1.54) is 12.1 Å². The van der Waals surface area contributed by atoms with Gasteiger partial charge in [-0.15, -0.1) is 0 Å². The van der Waals surface area contributed by atoms with Gasteiger partial charge in [-0.25, -0.2) is 13.2 Å². The van der Waals surface area contributed by atoms with Gasteiger partial charge in [0.25, 0.3) is 0 Å². The van der Waals surface area contributed by atoms with Gasteiger partial charge in [0.2, 0.25) is 5.82 Å². The van der Waals surface area contributed by atoms with Gasteiger partial charge in [-0.05, 0) is 73.3 Å². The highest BCUT2D eigenvalue weighted by Gasteiger charge is 2.32. The van der Waals surface area contributed by atoms with Crippen LogP contribution in [0.25, 0.3) is 11.1 Å². The van der Waals surface area contributed by atoms with Crippen molar-refractivity contribution < 1.29 is 32.1 Å². The first kappa shape index (κ1) is 24.8. The van der Waals surface area contributed by atoms with E-state index in [-0.39, 0.29) is 41.4 Å². The maximum absolute atomic E-state index is 14.8. The third kappa shape index (κ3) is 5.00. The Morgan fingerprint density at radius 2 is 1.47 bits per heavy atom. The lowest BCUT2D eigenvalue weighted by Gasteiger charge is -2.29. The van der Waals surface area contributed by atoms with E-state index in [1.807, 2.05) is 0 Å². The maximum Gasteiger partial charge on any atom is 0.201 e. The zero-order valence-electron chi connectivity index (χ0n) is 19.9. The molecule has 5 rings (SSSR count). The van der Waals surface area contributed by atoms with Gasteiger partial charge in [-0.1, -0.05) is 36.4 Å². The van der Waals surface area contributed by atoms with Crippen LogP contribution in [0.3, 0.4) is 0 Å². The van der Waals surface area contributed by atoms with Crippen LogP contribution >= 0.6 is 0 Å². The van der Waals surface area contributed by atoms with E-state index in [4.69, 9.17) is 9.47 Å². The van der Waals surface area contributed by atoms with Gasteiger partial charge in [-0.2, -0.15) is 4.39 Å². The van der Waals surface area contributed by atoms with Crippen LogP contribution < -0.4 is 4.74 Å². The van der Waals surface area contributed by atoms with Crippen LogP contribution in [0.4, 0.5) is 17.6 Å². The Morgan fingerprint density at radius 1 is 0.833 bits per heavy atom. The Morgan fingerprint density at radius 3 is 2.11 bits per heavy atom. The molecule has 0 radical (unpaired) electrons. The van der Waals surface area contributed by atoms with E-state index in [9.17, 15) is 22.7 Å². The monoisotopic (exact) mass is 500 g/mol. The molecule has 2 aliphatic rings. The standard InChI is InChI=1S/C29H28F4O3/c1-16(34)18-6-8-20(9-7-18)22-12-13-24(29(33)27(22)31)35-14-17-2-4-19(5-3-17)21-10-11-23(25-15-36-25)28(32)26(21)30/h6-13,16-17,19,25,34H,2-5,14-15H2,1H3. The van der Waals surface area contributed by atoms with Crippen LogP contribution in [0.15, 0.2) is 48.5 Å². The number of aliphatic hydroxyl groups is 1. The molecule has 1 aliphatic heterocycles. The van der Waals surface area contributed by atoms with E-state index in [2.05, 4.69) is 0 Å². The van der Waals surface area contributed by atoms with E-state index >= 15 is 0 Å². The summed E-state index contributed by atoms with van der Waals surface area (Å²) in [6.45, 7) is 2.28. The predicted molar refractivity (Wildman–Crippen MR) is 128 cm³/mol. The van der Waals surface area contributed by atoms with Crippen LogP contribution in [0.1, 0.15) is 67.4 Å². The predicted octanol–water partition coefficient (Wildman–Crippen LogP) is 7.39. The summed E-state index contributed by atoms with van der Waals surface area (Å²) >= 11 is 0. The van der Waals surface area contributed by atoms with Crippen molar-refractivity contribution in [2.45, 2.75) is 50.7 Å². The fourth-order valence-electron chi connectivity index (χ4n) is 5.03. The lowest BCUT2D eigenvalue weighted by Crippen LogP contribution is -2.20. The summed E-state index contributed by atoms with van der Waals surface area (Å²) in [5.74, 6) is -3.76. The third-order valence-electron chi connectivity index (χ3n) is 7.33. The van der Waals surface area contributed by atoms with Crippen LogP contribution in [-0.2, 0) is 4.74 Å². The summed E-state index contributed by atoms with van der Waals surface area (Å²) < 4.78 is 69.3. The van der Waals surface area contributed by atoms with E-state index in [0.717, 1.165) is 12.8 Å². The molecular weight excluding hydrogens is 472 g/mol. The molecule has 3 nitrogen and oxygen atoms in total. The second kappa shape index (κ2) is 10.2. The van der Waals surface area contributed by atoms with Gasteiger partial charge in [0.1, 0.15) is 6.10 Å². The van der Waals surface area contributed by atoms with Crippen molar-refractivity contribution in [3.05, 3.63) is 88.5 Å². The summed E-state index contributed by atoms with van der Waals surface area (Å²) in [6, 6.07) is 12.8. The van der Waals surface area contributed by atoms with Crippen molar-refractivity contribution in [2.24, 2.45) is 5.92 Å². The molecule has 190 valence electrons. The number of hydrogen-bond donors (Lipinski definition) is 1. The Kier molecular flexibility index (Phi) is 7.04. The van der Waals surface area contributed by atoms with Crippen molar-refractivity contribution in [2.75, 3.05) is 13.2 Å². The highest BCUT2D eigenvalue weighted by Crippen LogP contribution is 2.40. The van der Waals surface area contributed by atoms with Gasteiger partial charge < -0.3 is 14.6 Å². The Labute approximate surface area is 207 Å². The molecule has 0 amide bonds. The number of epoxide rings is 1. The molecule has 2 atom stereocenters. The number of rotatable bonds is 7. The van der Waals surface area contributed by atoms with Gasteiger partial charge in [0.15, 0.2) is 23.2 Å². The van der Waals surface area contributed by atoms with Crippen molar-refractivity contribution >= 4 is 0 Å². The first-order valence-electron chi connectivity index (χ1n) is 12.3. The molecule has 1 heterocycles. The van der Waals surface area contributed by atoms with Crippen LogP contribution in [0.5, 0.6) is 5.75 Å². The quantitative estimate of drug-likeness (QED) is 0.272. The maximum atomic E-state index is 14.8. The largest absolute Gasteiger partial charge is 0.490 e. The van der Waals surface area contributed by atoms with E-state index < -0.39 is 29.4 Å². The minimum absolute atomic E-state index is 0.0846. The first-order valence-corrected chi connectivity index (χ1v) is 12.3. The van der Waals surface area contributed by atoms with Gasteiger partial charge in [0, 0.05) is 11.1 Å². The molecule has 3 aromatic rings. The van der Waals surface area contributed by atoms with Crippen molar-refractivity contribution in [3.63, 3.8) is 0 Å². The fourth-order valence-corrected chi connectivity index (χ4v) is 5.03. The van der Waals surface area contributed by atoms with Crippen LogP contribution in [0.2, 0.25) is 0 Å². The summed E-state index contributed by atoms with van der Waals surface area (Å²) in [6.07, 6.45) is 1.80. The number of halogens is 4. The molecule has 1 N–H and O–H groups in total. The first-order chi connectivity index (χ1) is 17.3.